The minimum absolute atomic E-state index is 0.00996. The number of fused-ring (bicyclic) bond motifs is 1. The summed E-state index contributed by atoms with van der Waals surface area (Å²) in [6, 6.07) is 11.0. The summed E-state index contributed by atoms with van der Waals surface area (Å²) in [5.41, 5.74) is 0.347. The van der Waals surface area contributed by atoms with E-state index in [2.05, 4.69) is 0 Å². The van der Waals surface area contributed by atoms with E-state index in [1.165, 1.54) is 12.3 Å². The van der Waals surface area contributed by atoms with Crippen LogP contribution in [0.5, 0.6) is 17.2 Å². The molecule has 1 aliphatic carbocycles. The van der Waals surface area contributed by atoms with Gasteiger partial charge in [0.15, 0.2) is 0 Å². The van der Waals surface area contributed by atoms with Crippen molar-refractivity contribution in [1.82, 2.24) is 0 Å². The van der Waals surface area contributed by atoms with Crippen molar-refractivity contribution in [2.75, 3.05) is 6.61 Å². The molecule has 0 atom stereocenters. The van der Waals surface area contributed by atoms with Crippen molar-refractivity contribution in [2.45, 2.75) is 45.4 Å². The average molecular weight is 450 g/mol. The Balaban J connectivity index is 1.46. The molecule has 0 amide bonds. The summed E-state index contributed by atoms with van der Waals surface area (Å²) < 4.78 is 21.9. The molecule has 172 valence electrons. The standard InChI is InChI=1S/C26H26O7/c1-2-14-30-25(28)18-8-10-19(11-9-18)32-23-16-31-22-15-20(12-13-21(22)24(23)27)33-26(29)17-6-4-3-5-7-17/h8-13,15-17H,2-7,14H2,1H3. The Kier molecular flexibility index (Phi) is 7.07. The summed E-state index contributed by atoms with van der Waals surface area (Å²) >= 11 is 0. The molecule has 0 saturated heterocycles. The van der Waals surface area contributed by atoms with Gasteiger partial charge in [0, 0.05) is 6.07 Å². The fourth-order valence-electron chi connectivity index (χ4n) is 3.83. The van der Waals surface area contributed by atoms with Crippen molar-refractivity contribution >= 4 is 22.9 Å². The van der Waals surface area contributed by atoms with E-state index in [1.807, 2.05) is 6.92 Å². The number of carbonyl (C=O) groups excluding carboxylic acids is 2. The first-order chi connectivity index (χ1) is 16.0. The number of ether oxygens (including phenoxy) is 3. The molecule has 1 saturated carbocycles. The Morgan fingerprint density at radius 1 is 1.00 bits per heavy atom. The predicted octanol–water partition coefficient (Wildman–Crippen LogP) is 5.64. The lowest BCUT2D eigenvalue weighted by Gasteiger charge is -2.19. The predicted molar refractivity (Wildman–Crippen MR) is 122 cm³/mol. The van der Waals surface area contributed by atoms with E-state index in [1.54, 1.807) is 36.4 Å². The van der Waals surface area contributed by atoms with Crippen LogP contribution in [0.25, 0.3) is 11.0 Å². The van der Waals surface area contributed by atoms with Crippen LogP contribution in [0.2, 0.25) is 0 Å². The SMILES string of the molecule is CCCOC(=O)c1ccc(Oc2coc3cc(OC(=O)C4CCCCC4)ccc3c2=O)cc1. The summed E-state index contributed by atoms with van der Waals surface area (Å²) in [6.07, 6.45) is 6.91. The van der Waals surface area contributed by atoms with Crippen molar-refractivity contribution in [2.24, 2.45) is 5.92 Å². The van der Waals surface area contributed by atoms with Crippen LogP contribution in [-0.2, 0) is 9.53 Å². The number of rotatable bonds is 7. The van der Waals surface area contributed by atoms with Gasteiger partial charge < -0.3 is 18.6 Å². The van der Waals surface area contributed by atoms with Gasteiger partial charge in [-0.2, -0.15) is 0 Å². The molecule has 7 heteroatoms. The van der Waals surface area contributed by atoms with Gasteiger partial charge in [0.05, 0.1) is 23.5 Å². The van der Waals surface area contributed by atoms with E-state index < -0.39 is 5.97 Å². The van der Waals surface area contributed by atoms with Gasteiger partial charge >= 0.3 is 11.9 Å². The van der Waals surface area contributed by atoms with Crippen molar-refractivity contribution < 1.29 is 28.2 Å². The third-order valence-electron chi connectivity index (χ3n) is 5.63. The zero-order valence-electron chi connectivity index (χ0n) is 18.5. The molecule has 1 fully saturated rings. The zero-order chi connectivity index (χ0) is 23.2. The van der Waals surface area contributed by atoms with Gasteiger partial charge in [0.2, 0.25) is 11.2 Å². The molecule has 0 radical (unpaired) electrons. The first-order valence-electron chi connectivity index (χ1n) is 11.3. The lowest BCUT2D eigenvalue weighted by Crippen LogP contribution is -2.22. The van der Waals surface area contributed by atoms with Gasteiger partial charge in [-0.05, 0) is 55.7 Å². The quantitative estimate of drug-likeness (QED) is 0.340. The molecule has 0 N–H and O–H groups in total. The zero-order valence-corrected chi connectivity index (χ0v) is 18.5. The van der Waals surface area contributed by atoms with Crippen LogP contribution in [0.15, 0.2) is 57.9 Å². The summed E-state index contributed by atoms with van der Waals surface area (Å²) in [4.78, 5) is 37.1. The molecule has 0 aliphatic heterocycles. The maximum atomic E-state index is 12.8. The highest BCUT2D eigenvalue weighted by Crippen LogP contribution is 2.28. The van der Waals surface area contributed by atoms with Crippen molar-refractivity contribution in [1.29, 1.82) is 0 Å². The lowest BCUT2D eigenvalue weighted by atomic mass is 9.89. The van der Waals surface area contributed by atoms with Crippen LogP contribution in [0.4, 0.5) is 0 Å². The van der Waals surface area contributed by atoms with Gasteiger partial charge in [0.25, 0.3) is 0 Å². The Labute approximate surface area is 191 Å². The first-order valence-corrected chi connectivity index (χ1v) is 11.3. The first kappa shape index (κ1) is 22.6. The van der Waals surface area contributed by atoms with E-state index in [0.29, 0.717) is 34.6 Å². The van der Waals surface area contributed by atoms with Crippen LogP contribution < -0.4 is 14.9 Å². The topological polar surface area (TPSA) is 92.0 Å². The second-order valence-corrected chi connectivity index (χ2v) is 8.11. The molecule has 1 aromatic heterocycles. The number of benzene rings is 2. The lowest BCUT2D eigenvalue weighted by molar-refractivity contribution is -0.139. The Morgan fingerprint density at radius 2 is 1.73 bits per heavy atom. The minimum Gasteiger partial charge on any atom is -0.462 e. The number of hydrogen-bond donors (Lipinski definition) is 0. The van der Waals surface area contributed by atoms with Crippen LogP contribution in [0.3, 0.4) is 0 Å². The van der Waals surface area contributed by atoms with Crippen molar-refractivity contribution in [3.05, 3.63) is 64.5 Å². The average Bonchev–Trinajstić information content (AvgIpc) is 2.85. The molecular weight excluding hydrogens is 424 g/mol. The molecule has 33 heavy (non-hydrogen) atoms. The molecule has 2 aromatic carbocycles. The molecular formula is C26H26O7. The second kappa shape index (κ2) is 10.3. The molecule has 0 bridgehead atoms. The number of carbonyl (C=O) groups is 2. The maximum absolute atomic E-state index is 12.8. The Bertz CT molecular complexity index is 1190. The highest BCUT2D eigenvalue weighted by molar-refractivity contribution is 5.89. The van der Waals surface area contributed by atoms with Crippen molar-refractivity contribution in [3.8, 4) is 17.2 Å². The third kappa shape index (κ3) is 5.42. The molecule has 0 spiro atoms. The van der Waals surface area contributed by atoms with Gasteiger partial charge in [-0.25, -0.2) is 4.79 Å². The van der Waals surface area contributed by atoms with Gasteiger partial charge in [-0.1, -0.05) is 26.2 Å². The summed E-state index contributed by atoms with van der Waals surface area (Å²) in [5.74, 6) is 0.0204. The van der Waals surface area contributed by atoms with E-state index in [0.717, 1.165) is 38.5 Å². The van der Waals surface area contributed by atoms with Crippen LogP contribution in [0.1, 0.15) is 55.8 Å². The fourth-order valence-corrected chi connectivity index (χ4v) is 3.83. The molecule has 3 aromatic rings. The summed E-state index contributed by atoms with van der Waals surface area (Å²) in [6.45, 7) is 2.28. The molecule has 1 aliphatic rings. The molecule has 4 rings (SSSR count). The van der Waals surface area contributed by atoms with Crippen molar-refractivity contribution in [3.63, 3.8) is 0 Å². The molecule has 7 nitrogen and oxygen atoms in total. The summed E-state index contributed by atoms with van der Waals surface area (Å²) in [5, 5.41) is 0.310. The van der Waals surface area contributed by atoms with E-state index in [9.17, 15) is 14.4 Å². The van der Waals surface area contributed by atoms with Gasteiger partial charge in [-0.3, -0.25) is 9.59 Å². The molecule has 1 heterocycles. The number of esters is 2. The van der Waals surface area contributed by atoms with E-state index >= 15 is 0 Å². The number of hydrogen-bond acceptors (Lipinski definition) is 7. The Morgan fingerprint density at radius 3 is 2.45 bits per heavy atom. The van der Waals surface area contributed by atoms with Gasteiger partial charge in [0.1, 0.15) is 23.3 Å². The fraction of sp³-hybridized carbons (Fsp3) is 0.346. The van der Waals surface area contributed by atoms with Crippen LogP contribution in [-0.4, -0.2) is 18.5 Å². The Hall–Kier alpha value is -3.61. The third-order valence-corrected chi connectivity index (χ3v) is 5.63. The second-order valence-electron chi connectivity index (χ2n) is 8.11. The van der Waals surface area contributed by atoms with Crippen LogP contribution >= 0.6 is 0 Å². The minimum atomic E-state index is -0.409. The van der Waals surface area contributed by atoms with E-state index in [-0.39, 0.29) is 23.1 Å². The smallest absolute Gasteiger partial charge is 0.338 e. The highest BCUT2D eigenvalue weighted by Gasteiger charge is 2.23. The monoisotopic (exact) mass is 450 g/mol. The molecule has 0 unspecified atom stereocenters. The summed E-state index contributed by atoms with van der Waals surface area (Å²) in [7, 11) is 0. The largest absolute Gasteiger partial charge is 0.462 e. The highest BCUT2D eigenvalue weighted by atomic mass is 16.5. The van der Waals surface area contributed by atoms with E-state index in [4.69, 9.17) is 18.6 Å². The van der Waals surface area contributed by atoms with Gasteiger partial charge in [-0.15, -0.1) is 0 Å². The normalized spacial score (nSPS) is 14.1. The maximum Gasteiger partial charge on any atom is 0.338 e. The van der Waals surface area contributed by atoms with Crippen LogP contribution in [0, 0.1) is 5.92 Å².